The Bertz CT molecular complexity index is 333. The standard InChI is InChI=1S/C12H17NO2S/c1-15-12(14)9(8-13-10-4-5-10)7-11-3-2-6-16-11/h2-3,6,9-10,13H,4-5,7-8H2,1H3. The van der Waals surface area contributed by atoms with Gasteiger partial charge in [-0.15, -0.1) is 11.3 Å². The second kappa shape index (κ2) is 5.46. The van der Waals surface area contributed by atoms with Crippen LogP contribution in [0.25, 0.3) is 0 Å². The van der Waals surface area contributed by atoms with Gasteiger partial charge in [-0.2, -0.15) is 0 Å². The minimum Gasteiger partial charge on any atom is -0.469 e. The van der Waals surface area contributed by atoms with Crippen LogP contribution in [0, 0.1) is 5.92 Å². The number of hydrogen-bond acceptors (Lipinski definition) is 4. The van der Waals surface area contributed by atoms with E-state index in [-0.39, 0.29) is 11.9 Å². The van der Waals surface area contributed by atoms with Crippen LogP contribution in [0.5, 0.6) is 0 Å². The minimum absolute atomic E-state index is 0.0516. The molecule has 88 valence electrons. The predicted octanol–water partition coefficient (Wildman–Crippen LogP) is 1.83. The molecule has 1 fully saturated rings. The fourth-order valence-electron chi connectivity index (χ4n) is 1.67. The van der Waals surface area contributed by atoms with E-state index in [0.717, 1.165) is 13.0 Å². The van der Waals surface area contributed by atoms with Gasteiger partial charge in [0.25, 0.3) is 0 Å². The summed E-state index contributed by atoms with van der Waals surface area (Å²) in [6.07, 6.45) is 3.27. The number of nitrogens with one attached hydrogen (secondary N) is 1. The van der Waals surface area contributed by atoms with Gasteiger partial charge in [-0.25, -0.2) is 0 Å². The molecule has 1 saturated carbocycles. The maximum absolute atomic E-state index is 11.6. The molecule has 0 aromatic carbocycles. The van der Waals surface area contributed by atoms with Crippen LogP contribution in [-0.4, -0.2) is 25.7 Å². The lowest BCUT2D eigenvalue weighted by Crippen LogP contribution is -2.32. The van der Waals surface area contributed by atoms with Crippen LogP contribution >= 0.6 is 11.3 Å². The highest BCUT2D eigenvalue weighted by molar-refractivity contribution is 7.09. The highest BCUT2D eigenvalue weighted by atomic mass is 32.1. The van der Waals surface area contributed by atoms with Crippen molar-refractivity contribution in [1.29, 1.82) is 0 Å². The van der Waals surface area contributed by atoms with Crippen LogP contribution in [0.4, 0.5) is 0 Å². The summed E-state index contributed by atoms with van der Waals surface area (Å²) in [6.45, 7) is 0.731. The van der Waals surface area contributed by atoms with Gasteiger partial charge in [0.05, 0.1) is 13.0 Å². The summed E-state index contributed by atoms with van der Waals surface area (Å²) in [4.78, 5) is 12.9. The van der Waals surface area contributed by atoms with E-state index in [0.29, 0.717) is 6.04 Å². The molecule has 2 rings (SSSR count). The van der Waals surface area contributed by atoms with Crippen molar-refractivity contribution in [3.05, 3.63) is 22.4 Å². The maximum atomic E-state index is 11.6. The van der Waals surface area contributed by atoms with Crippen LogP contribution in [-0.2, 0) is 16.0 Å². The maximum Gasteiger partial charge on any atom is 0.310 e. The normalized spacial score (nSPS) is 17.1. The number of esters is 1. The fraction of sp³-hybridized carbons (Fsp3) is 0.583. The van der Waals surface area contributed by atoms with Gasteiger partial charge in [0, 0.05) is 17.5 Å². The third-order valence-corrected chi connectivity index (χ3v) is 3.69. The summed E-state index contributed by atoms with van der Waals surface area (Å²) in [6, 6.07) is 4.72. The van der Waals surface area contributed by atoms with Gasteiger partial charge in [0.15, 0.2) is 0 Å². The van der Waals surface area contributed by atoms with E-state index in [4.69, 9.17) is 4.74 Å². The van der Waals surface area contributed by atoms with Gasteiger partial charge in [-0.05, 0) is 30.7 Å². The molecule has 16 heavy (non-hydrogen) atoms. The number of hydrogen-bond donors (Lipinski definition) is 1. The SMILES string of the molecule is COC(=O)C(CNC1CC1)Cc1cccs1. The second-order valence-corrected chi connectivity index (χ2v) is 5.22. The number of rotatable bonds is 6. The Morgan fingerprint density at radius 1 is 1.69 bits per heavy atom. The van der Waals surface area contributed by atoms with Gasteiger partial charge in [0.1, 0.15) is 0 Å². The average Bonchev–Trinajstić information content (AvgIpc) is 2.99. The first kappa shape index (κ1) is 11.6. The highest BCUT2D eigenvalue weighted by Crippen LogP contribution is 2.20. The molecule has 0 saturated heterocycles. The predicted molar refractivity (Wildman–Crippen MR) is 64.6 cm³/mol. The fourth-order valence-corrected chi connectivity index (χ4v) is 2.46. The number of carbonyl (C=O) groups is 1. The lowest BCUT2D eigenvalue weighted by Gasteiger charge is -2.14. The zero-order chi connectivity index (χ0) is 11.4. The lowest BCUT2D eigenvalue weighted by atomic mass is 10.0. The van der Waals surface area contributed by atoms with E-state index < -0.39 is 0 Å². The van der Waals surface area contributed by atoms with Crippen molar-refractivity contribution < 1.29 is 9.53 Å². The molecule has 0 spiro atoms. The van der Waals surface area contributed by atoms with E-state index in [1.807, 2.05) is 11.4 Å². The van der Waals surface area contributed by atoms with Crippen LogP contribution in [0.15, 0.2) is 17.5 Å². The largest absolute Gasteiger partial charge is 0.469 e. The second-order valence-electron chi connectivity index (χ2n) is 4.19. The summed E-state index contributed by atoms with van der Waals surface area (Å²) in [5.74, 6) is -0.161. The molecule has 1 atom stereocenters. The number of methoxy groups -OCH3 is 1. The minimum atomic E-state index is -0.110. The Morgan fingerprint density at radius 3 is 3.06 bits per heavy atom. The molecule has 1 aliphatic carbocycles. The van der Waals surface area contributed by atoms with Gasteiger partial charge in [-0.3, -0.25) is 4.79 Å². The molecule has 1 aromatic heterocycles. The molecule has 0 amide bonds. The molecule has 1 heterocycles. The molecule has 1 aromatic rings. The summed E-state index contributed by atoms with van der Waals surface area (Å²) in [5.41, 5.74) is 0. The van der Waals surface area contributed by atoms with Gasteiger partial charge >= 0.3 is 5.97 Å². The Balaban J connectivity index is 1.87. The topological polar surface area (TPSA) is 38.3 Å². The first-order valence-electron chi connectivity index (χ1n) is 5.63. The Hall–Kier alpha value is -0.870. The first-order valence-corrected chi connectivity index (χ1v) is 6.51. The van der Waals surface area contributed by atoms with Crippen molar-refractivity contribution in [3.63, 3.8) is 0 Å². The molecular formula is C12H17NO2S. The molecule has 1 N–H and O–H groups in total. The Labute approximate surface area is 99.8 Å². The third kappa shape index (κ3) is 3.32. The molecule has 3 nitrogen and oxygen atoms in total. The molecule has 0 aliphatic heterocycles. The van der Waals surface area contributed by atoms with E-state index >= 15 is 0 Å². The smallest absolute Gasteiger partial charge is 0.310 e. The van der Waals surface area contributed by atoms with Crippen molar-refractivity contribution in [2.45, 2.75) is 25.3 Å². The van der Waals surface area contributed by atoms with Gasteiger partial charge in [0.2, 0.25) is 0 Å². The van der Waals surface area contributed by atoms with Crippen molar-refractivity contribution in [3.8, 4) is 0 Å². The van der Waals surface area contributed by atoms with Crippen LogP contribution in [0.1, 0.15) is 17.7 Å². The highest BCUT2D eigenvalue weighted by Gasteiger charge is 2.25. The molecule has 0 bridgehead atoms. The van der Waals surface area contributed by atoms with Crippen LogP contribution in [0.2, 0.25) is 0 Å². The number of carbonyl (C=O) groups excluding carboxylic acids is 1. The van der Waals surface area contributed by atoms with E-state index in [2.05, 4.69) is 11.4 Å². The summed E-state index contributed by atoms with van der Waals surface area (Å²) in [7, 11) is 1.46. The van der Waals surface area contributed by atoms with Crippen molar-refractivity contribution in [2.24, 2.45) is 5.92 Å². The molecule has 4 heteroatoms. The van der Waals surface area contributed by atoms with Crippen molar-refractivity contribution >= 4 is 17.3 Å². The molecule has 1 unspecified atom stereocenters. The number of thiophene rings is 1. The Morgan fingerprint density at radius 2 is 2.50 bits per heavy atom. The number of ether oxygens (including phenoxy) is 1. The molecule has 0 radical (unpaired) electrons. The van der Waals surface area contributed by atoms with Gasteiger partial charge < -0.3 is 10.1 Å². The Kier molecular flexibility index (Phi) is 3.96. The summed E-state index contributed by atoms with van der Waals surface area (Å²) >= 11 is 1.69. The quantitative estimate of drug-likeness (QED) is 0.770. The van der Waals surface area contributed by atoms with Crippen molar-refractivity contribution in [2.75, 3.05) is 13.7 Å². The first-order chi connectivity index (χ1) is 7.79. The summed E-state index contributed by atoms with van der Waals surface area (Å²) < 4.78 is 4.84. The van der Waals surface area contributed by atoms with E-state index in [9.17, 15) is 4.79 Å². The third-order valence-electron chi connectivity index (χ3n) is 2.79. The zero-order valence-electron chi connectivity index (χ0n) is 9.44. The average molecular weight is 239 g/mol. The molecule has 1 aliphatic rings. The molecular weight excluding hydrogens is 222 g/mol. The van der Waals surface area contributed by atoms with Gasteiger partial charge in [-0.1, -0.05) is 6.07 Å². The summed E-state index contributed by atoms with van der Waals surface area (Å²) in [5, 5.41) is 5.43. The monoisotopic (exact) mass is 239 g/mol. The van der Waals surface area contributed by atoms with Crippen LogP contribution in [0.3, 0.4) is 0 Å². The van der Waals surface area contributed by atoms with Crippen LogP contribution < -0.4 is 5.32 Å². The zero-order valence-corrected chi connectivity index (χ0v) is 10.3. The van der Waals surface area contributed by atoms with Crippen molar-refractivity contribution in [1.82, 2.24) is 5.32 Å². The lowest BCUT2D eigenvalue weighted by molar-refractivity contribution is -0.145. The van der Waals surface area contributed by atoms with E-state index in [1.54, 1.807) is 11.3 Å². The van der Waals surface area contributed by atoms with E-state index in [1.165, 1.54) is 24.8 Å².